The molecule has 0 spiro atoms. The van der Waals surface area contributed by atoms with Crippen molar-refractivity contribution in [3.8, 4) is 6.07 Å². The van der Waals surface area contributed by atoms with Gasteiger partial charge in [0, 0.05) is 25.7 Å². The fourth-order valence-corrected chi connectivity index (χ4v) is 3.78. The molecule has 1 aliphatic heterocycles. The lowest BCUT2D eigenvalue weighted by atomic mass is 10.0. The number of hydrogen-bond donors (Lipinski definition) is 1. The second-order valence-corrected chi connectivity index (χ2v) is 6.59. The number of imidazole rings is 1. The normalized spacial score (nSPS) is 16.1. The summed E-state index contributed by atoms with van der Waals surface area (Å²) in [6, 6.07) is 18.1. The van der Waals surface area contributed by atoms with Gasteiger partial charge in [-0.15, -0.1) is 0 Å². The van der Waals surface area contributed by atoms with Gasteiger partial charge in [-0.25, -0.2) is 4.79 Å². The Labute approximate surface area is 146 Å². The van der Waals surface area contributed by atoms with Crippen molar-refractivity contribution in [2.75, 3.05) is 13.1 Å². The van der Waals surface area contributed by atoms with Crippen LogP contribution in [-0.4, -0.2) is 27.5 Å². The minimum atomic E-state index is -0.0190. The molecule has 2 heterocycles. The molecule has 2 aromatic carbocycles. The van der Waals surface area contributed by atoms with Crippen molar-refractivity contribution < 1.29 is 0 Å². The number of nitrogens with zero attached hydrogens (tertiary/aromatic N) is 3. The topological polar surface area (TPSA) is 64.8 Å². The zero-order chi connectivity index (χ0) is 17.2. The van der Waals surface area contributed by atoms with E-state index in [1.54, 1.807) is 0 Å². The quantitative estimate of drug-likeness (QED) is 0.802. The van der Waals surface area contributed by atoms with Gasteiger partial charge in [-0.1, -0.05) is 30.3 Å². The fourth-order valence-electron chi connectivity index (χ4n) is 3.78. The lowest BCUT2D eigenvalue weighted by molar-refractivity contribution is 0.180. The van der Waals surface area contributed by atoms with Gasteiger partial charge in [0.1, 0.15) is 0 Å². The van der Waals surface area contributed by atoms with Crippen LogP contribution in [0.25, 0.3) is 11.0 Å². The lowest BCUT2D eigenvalue weighted by Gasteiger charge is -2.32. The molecule has 1 fully saturated rings. The second-order valence-electron chi connectivity index (χ2n) is 6.59. The number of hydrogen-bond acceptors (Lipinski definition) is 3. The van der Waals surface area contributed by atoms with Gasteiger partial charge in [0.2, 0.25) is 0 Å². The Kier molecular flexibility index (Phi) is 4.12. The van der Waals surface area contributed by atoms with E-state index in [1.807, 2.05) is 53.1 Å². The summed E-state index contributed by atoms with van der Waals surface area (Å²) in [6.45, 7) is 2.64. The molecule has 1 saturated heterocycles. The minimum Gasteiger partial charge on any atom is -0.306 e. The Bertz CT molecular complexity index is 987. The molecule has 1 N–H and O–H groups in total. The molecule has 0 atom stereocenters. The molecule has 1 aromatic heterocycles. The SMILES string of the molecule is N#Cc1ccccc1CN1CCC(n2c(=O)[nH]c3ccccc32)CC1. The Morgan fingerprint density at radius 1 is 1.08 bits per heavy atom. The minimum absolute atomic E-state index is 0.0190. The van der Waals surface area contributed by atoms with Gasteiger partial charge >= 0.3 is 5.69 Å². The highest BCUT2D eigenvalue weighted by Crippen LogP contribution is 2.26. The zero-order valence-corrected chi connectivity index (χ0v) is 14.0. The highest BCUT2D eigenvalue weighted by Gasteiger charge is 2.23. The van der Waals surface area contributed by atoms with E-state index in [0.717, 1.165) is 54.6 Å². The first kappa shape index (κ1) is 15.7. The first-order chi connectivity index (χ1) is 12.3. The van der Waals surface area contributed by atoms with Crippen LogP contribution in [-0.2, 0) is 6.54 Å². The van der Waals surface area contributed by atoms with Crippen LogP contribution in [0.3, 0.4) is 0 Å². The Balaban J connectivity index is 1.49. The van der Waals surface area contributed by atoms with Crippen LogP contribution in [0.15, 0.2) is 53.3 Å². The molecule has 5 nitrogen and oxygen atoms in total. The Morgan fingerprint density at radius 2 is 1.80 bits per heavy atom. The zero-order valence-electron chi connectivity index (χ0n) is 14.0. The number of fused-ring (bicyclic) bond motifs is 1. The summed E-state index contributed by atoms with van der Waals surface area (Å²) >= 11 is 0. The fraction of sp³-hybridized carbons (Fsp3) is 0.300. The predicted molar refractivity (Wildman–Crippen MR) is 97.3 cm³/mol. The van der Waals surface area contributed by atoms with Gasteiger partial charge in [-0.3, -0.25) is 9.47 Å². The van der Waals surface area contributed by atoms with E-state index >= 15 is 0 Å². The number of benzene rings is 2. The third kappa shape index (κ3) is 2.97. The van der Waals surface area contributed by atoms with Crippen molar-refractivity contribution >= 4 is 11.0 Å². The third-order valence-corrected chi connectivity index (χ3v) is 5.08. The second kappa shape index (κ2) is 6.58. The van der Waals surface area contributed by atoms with Gasteiger partial charge in [-0.05, 0) is 36.6 Å². The first-order valence-corrected chi connectivity index (χ1v) is 8.66. The number of likely N-dealkylation sites (tertiary alicyclic amines) is 1. The van der Waals surface area contributed by atoms with E-state index < -0.39 is 0 Å². The summed E-state index contributed by atoms with van der Waals surface area (Å²) in [7, 11) is 0. The smallest absolute Gasteiger partial charge is 0.306 e. The summed E-state index contributed by atoms with van der Waals surface area (Å²) in [4.78, 5) is 17.7. The van der Waals surface area contributed by atoms with Gasteiger partial charge in [0.25, 0.3) is 0 Å². The molecular formula is C20H20N4O. The van der Waals surface area contributed by atoms with E-state index in [0.29, 0.717) is 0 Å². The number of para-hydroxylation sites is 2. The first-order valence-electron chi connectivity index (χ1n) is 8.66. The van der Waals surface area contributed by atoms with E-state index in [4.69, 9.17) is 0 Å². The number of aromatic amines is 1. The largest absolute Gasteiger partial charge is 0.326 e. The van der Waals surface area contributed by atoms with Crippen molar-refractivity contribution in [3.05, 3.63) is 70.1 Å². The van der Waals surface area contributed by atoms with E-state index in [9.17, 15) is 10.1 Å². The summed E-state index contributed by atoms with van der Waals surface area (Å²) in [6.07, 6.45) is 1.88. The van der Waals surface area contributed by atoms with Crippen LogP contribution >= 0.6 is 0 Å². The molecule has 1 aliphatic rings. The maximum absolute atomic E-state index is 12.4. The number of aromatic nitrogens is 2. The maximum atomic E-state index is 12.4. The molecule has 4 rings (SSSR count). The number of piperidine rings is 1. The highest BCUT2D eigenvalue weighted by atomic mass is 16.1. The standard InChI is InChI=1S/C20H20N4O/c21-13-15-5-1-2-6-16(15)14-23-11-9-17(10-12-23)24-19-8-4-3-7-18(19)22-20(24)25/h1-8,17H,9-12,14H2,(H,22,25). The Morgan fingerprint density at radius 3 is 2.60 bits per heavy atom. The summed E-state index contributed by atoms with van der Waals surface area (Å²) < 4.78 is 1.91. The van der Waals surface area contributed by atoms with Crippen molar-refractivity contribution in [2.24, 2.45) is 0 Å². The molecule has 25 heavy (non-hydrogen) atoms. The molecule has 0 radical (unpaired) electrons. The molecule has 3 aromatic rings. The highest BCUT2D eigenvalue weighted by molar-refractivity contribution is 5.75. The lowest BCUT2D eigenvalue weighted by Crippen LogP contribution is -2.36. The van der Waals surface area contributed by atoms with Gasteiger partial charge in [-0.2, -0.15) is 5.26 Å². The molecule has 0 bridgehead atoms. The van der Waals surface area contributed by atoms with Crippen LogP contribution < -0.4 is 5.69 Å². The van der Waals surface area contributed by atoms with Gasteiger partial charge in [0.05, 0.1) is 22.7 Å². The monoisotopic (exact) mass is 332 g/mol. The third-order valence-electron chi connectivity index (χ3n) is 5.08. The Hall–Kier alpha value is -2.84. The molecule has 0 unspecified atom stereocenters. The van der Waals surface area contributed by atoms with Crippen molar-refractivity contribution in [2.45, 2.75) is 25.4 Å². The van der Waals surface area contributed by atoms with Crippen LogP contribution in [0.2, 0.25) is 0 Å². The molecule has 0 aliphatic carbocycles. The summed E-state index contributed by atoms with van der Waals surface area (Å²) in [5, 5.41) is 9.24. The van der Waals surface area contributed by atoms with Crippen molar-refractivity contribution in [1.82, 2.24) is 14.5 Å². The average Bonchev–Trinajstić information content (AvgIpc) is 2.99. The van der Waals surface area contributed by atoms with Crippen LogP contribution in [0.1, 0.15) is 30.0 Å². The van der Waals surface area contributed by atoms with Crippen LogP contribution in [0.5, 0.6) is 0 Å². The number of rotatable bonds is 3. The summed E-state index contributed by atoms with van der Waals surface area (Å²) in [5.74, 6) is 0. The molecular weight excluding hydrogens is 312 g/mol. The average molecular weight is 332 g/mol. The van der Waals surface area contributed by atoms with Gasteiger partial charge in [0.15, 0.2) is 0 Å². The molecule has 5 heteroatoms. The van der Waals surface area contributed by atoms with E-state index in [-0.39, 0.29) is 11.7 Å². The van der Waals surface area contributed by atoms with Gasteiger partial charge < -0.3 is 4.98 Å². The van der Waals surface area contributed by atoms with Crippen LogP contribution in [0, 0.1) is 11.3 Å². The number of nitrogens with one attached hydrogen (secondary N) is 1. The van der Waals surface area contributed by atoms with E-state index in [2.05, 4.69) is 16.0 Å². The maximum Gasteiger partial charge on any atom is 0.326 e. The number of H-pyrrole nitrogens is 1. The molecule has 0 saturated carbocycles. The molecule has 126 valence electrons. The summed E-state index contributed by atoms with van der Waals surface area (Å²) in [5.41, 5.74) is 3.69. The molecule has 0 amide bonds. The van der Waals surface area contributed by atoms with Crippen LogP contribution in [0.4, 0.5) is 0 Å². The predicted octanol–water partition coefficient (Wildman–Crippen LogP) is 3.04. The number of nitriles is 1. The van der Waals surface area contributed by atoms with Crippen molar-refractivity contribution in [3.63, 3.8) is 0 Å². The van der Waals surface area contributed by atoms with E-state index in [1.165, 1.54) is 0 Å². The van der Waals surface area contributed by atoms with Crippen molar-refractivity contribution in [1.29, 1.82) is 5.26 Å².